The summed E-state index contributed by atoms with van der Waals surface area (Å²) in [6.07, 6.45) is 0.428. The van der Waals surface area contributed by atoms with E-state index in [0.29, 0.717) is 6.42 Å². The van der Waals surface area contributed by atoms with Crippen LogP contribution in [0.15, 0.2) is 12.1 Å². The Morgan fingerprint density at radius 2 is 1.86 bits per heavy atom. The normalized spacial score (nSPS) is 16.1. The molecule has 21 heavy (non-hydrogen) atoms. The van der Waals surface area contributed by atoms with Crippen LogP contribution in [0.3, 0.4) is 0 Å². The molecule has 116 valence electrons. The lowest BCUT2D eigenvalue weighted by atomic mass is 10.0. The topological polar surface area (TPSA) is 32.8 Å². The number of ether oxygens (including phenoxy) is 1. The average Bonchev–Trinajstić information content (AvgIpc) is 2.47. The highest BCUT2D eigenvalue weighted by atomic mass is 16.5. The molecule has 0 radical (unpaired) electrons. The van der Waals surface area contributed by atoms with Crippen LogP contribution in [0.4, 0.5) is 0 Å². The summed E-state index contributed by atoms with van der Waals surface area (Å²) in [5.74, 6) is 1.05. The van der Waals surface area contributed by atoms with Gasteiger partial charge in [-0.25, -0.2) is 0 Å². The third kappa shape index (κ3) is 3.76. The van der Waals surface area contributed by atoms with Crippen LogP contribution < -0.4 is 4.74 Å². The zero-order valence-electron chi connectivity index (χ0n) is 13.6. The van der Waals surface area contributed by atoms with Gasteiger partial charge in [-0.15, -0.1) is 0 Å². The molecule has 1 aliphatic rings. The number of nitrogens with zero attached hydrogens (tertiary/aromatic N) is 2. The summed E-state index contributed by atoms with van der Waals surface area (Å²) in [6.45, 7) is 10.9. The first kappa shape index (κ1) is 15.8. The third-order valence-electron chi connectivity index (χ3n) is 4.21. The lowest BCUT2D eigenvalue weighted by molar-refractivity contribution is -0.132. The number of carbonyl (C=O) groups excluding carboxylic acids is 1. The van der Waals surface area contributed by atoms with E-state index in [1.165, 1.54) is 5.56 Å². The van der Waals surface area contributed by atoms with E-state index in [2.05, 4.69) is 30.9 Å². The van der Waals surface area contributed by atoms with E-state index in [-0.39, 0.29) is 5.91 Å². The van der Waals surface area contributed by atoms with Crippen molar-refractivity contribution in [2.75, 3.05) is 39.8 Å². The van der Waals surface area contributed by atoms with Crippen LogP contribution in [0.2, 0.25) is 0 Å². The van der Waals surface area contributed by atoms with E-state index in [0.717, 1.165) is 49.6 Å². The highest BCUT2D eigenvalue weighted by Crippen LogP contribution is 2.26. The number of likely N-dealkylation sites (N-methyl/N-ethyl adjacent to an activating group) is 1. The summed E-state index contributed by atoms with van der Waals surface area (Å²) in [4.78, 5) is 16.9. The average molecular weight is 290 g/mol. The van der Waals surface area contributed by atoms with Gasteiger partial charge in [0.05, 0.1) is 13.5 Å². The maximum absolute atomic E-state index is 12.5. The van der Waals surface area contributed by atoms with Crippen molar-refractivity contribution in [1.29, 1.82) is 0 Å². The van der Waals surface area contributed by atoms with Gasteiger partial charge in [0, 0.05) is 31.7 Å². The van der Waals surface area contributed by atoms with Crippen LogP contribution in [-0.4, -0.2) is 55.5 Å². The number of amides is 1. The molecule has 0 aliphatic carbocycles. The van der Waals surface area contributed by atoms with Gasteiger partial charge < -0.3 is 14.5 Å². The molecule has 1 aromatic rings. The van der Waals surface area contributed by atoms with Crippen LogP contribution in [0.1, 0.15) is 23.6 Å². The minimum Gasteiger partial charge on any atom is -0.496 e. The number of hydrogen-bond acceptors (Lipinski definition) is 3. The van der Waals surface area contributed by atoms with Crippen LogP contribution in [0, 0.1) is 13.8 Å². The van der Waals surface area contributed by atoms with Crippen molar-refractivity contribution in [3.05, 3.63) is 28.8 Å². The first-order valence-corrected chi connectivity index (χ1v) is 7.69. The van der Waals surface area contributed by atoms with E-state index in [9.17, 15) is 4.79 Å². The van der Waals surface area contributed by atoms with Crippen molar-refractivity contribution in [1.82, 2.24) is 9.80 Å². The fourth-order valence-electron chi connectivity index (χ4n) is 3.05. The molecule has 0 unspecified atom stereocenters. The number of methoxy groups -OCH3 is 1. The van der Waals surface area contributed by atoms with Crippen molar-refractivity contribution in [3.63, 3.8) is 0 Å². The number of aryl methyl sites for hydroxylation is 2. The Bertz CT molecular complexity index is 506. The zero-order valence-corrected chi connectivity index (χ0v) is 13.6. The quantitative estimate of drug-likeness (QED) is 0.850. The molecule has 0 spiro atoms. The summed E-state index contributed by atoms with van der Waals surface area (Å²) in [6, 6.07) is 4.15. The molecular weight excluding hydrogens is 264 g/mol. The monoisotopic (exact) mass is 290 g/mol. The molecule has 0 saturated carbocycles. The van der Waals surface area contributed by atoms with Gasteiger partial charge in [-0.05, 0) is 26.0 Å². The van der Waals surface area contributed by atoms with E-state index in [1.807, 2.05) is 11.8 Å². The fraction of sp³-hybridized carbons (Fsp3) is 0.588. The summed E-state index contributed by atoms with van der Waals surface area (Å²) < 4.78 is 5.47. The molecule has 1 fully saturated rings. The first-order valence-electron chi connectivity index (χ1n) is 7.69. The van der Waals surface area contributed by atoms with Gasteiger partial charge in [0.2, 0.25) is 5.91 Å². The second-order valence-corrected chi connectivity index (χ2v) is 5.77. The van der Waals surface area contributed by atoms with Crippen molar-refractivity contribution >= 4 is 5.91 Å². The van der Waals surface area contributed by atoms with E-state index in [1.54, 1.807) is 7.11 Å². The molecular formula is C17H26N2O2. The Hall–Kier alpha value is -1.55. The van der Waals surface area contributed by atoms with Gasteiger partial charge in [-0.1, -0.05) is 24.6 Å². The van der Waals surface area contributed by atoms with Gasteiger partial charge in [0.25, 0.3) is 0 Å². The number of rotatable bonds is 4. The van der Waals surface area contributed by atoms with Crippen molar-refractivity contribution in [2.45, 2.75) is 27.2 Å². The molecule has 1 amide bonds. The van der Waals surface area contributed by atoms with Gasteiger partial charge in [0.15, 0.2) is 0 Å². The highest BCUT2D eigenvalue weighted by Gasteiger charge is 2.21. The lowest BCUT2D eigenvalue weighted by Crippen LogP contribution is -2.48. The van der Waals surface area contributed by atoms with Crippen molar-refractivity contribution in [2.24, 2.45) is 0 Å². The van der Waals surface area contributed by atoms with Crippen molar-refractivity contribution in [3.8, 4) is 5.75 Å². The number of piperazine rings is 1. The SMILES string of the molecule is CCN1CCN(C(=O)Cc2cc(C)cc(C)c2OC)CC1. The minimum atomic E-state index is 0.203. The Kier molecular flexibility index (Phi) is 5.23. The fourth-order valence-corrected chi connectivity index (χ4v) is 3.05. The largest absolute Gasteiger partial charge is 0.496 e. The molecule has 4 nitrogen and oxygen atoms in total. The predicted octanol–water partition coefficient (Wildman–Crippen LogP) is 2.02. The molecule has 0 bridgehead atoms. The van der Waals surface area contributed by atoms with Crippen LogP contribution in [0.5, 0.6) is 5.75 Å². The van der Waals surface area contributed by atoms with Gasteiger partial charge in [-0.3, -0.25) is 4.79 Å². The molecule has 4 heteroatoms. The summed E-state index contributed by atoms with van der Waals surface area (Å²) in [7, 11) is 1.67. The zero-order chi connectivity index (χ0) is 15.4. The summed E-state index contributed by atoms with van der Waals surface area (Å²) in [5, 5.41) is 0. The van der Waals surface area contributed by atoms with Gasteiger partial charge >= 0.3 is 0 Å². The molecule has 0 N–H and O–H groups in total. The van der Waals surface area contributed by atoms with Crippen LogP contribution in [0.25, 0.3) is 0 Å². The Morgan fingerprint density at radius 1 is 1.19 bits per heavy atom. The van der Waals surface area contributed by atoms with Gasteiger partial charge in [0.1, 0.15) is 5.75 Å². The molecule has 0 atom stereocenters. The molecule has 2 rings (SSSR count). The van der Waals surface area contributed by atoms with E-state index >= 15 is 0 Å². The number of carbonyl (C=O) groups is 1. The third-order valence-corrected chi connectivity index (χ3v) is 4.21. The smallest absolute Gasteiger partial charge is 0.227 e. The predicted molar refractivity (Wildman–Crippen MR) is 84.9 cm³/mol. The Morgan fingerprint density at radius 3 is 2.43 bits per heavy atom. The van der Waals surface area contributed by atoms with E-state index in [4.69, 9.17) is 4.74 Å². The van der Waals surface area contributed by atoms with Crippen LogP contribution >= 0.6 is 0 Å². The first-order chi connectivity index (χ1) is 10.0. The minimum absolute atomic E-state index is 0.203. The molecule has 1 saturated heterocycles. The Labute approximate surface area is 127 Å². The summed E-state index contributed by atoms with van der Waals surface area (Å²) in [5.41, 5.74) is 3.26. The standard InChI is InChI=1S/C17H26N2O2/c1-5-18-6-8-19(9-7-18)16(20)12-15-11-13(2)10-14(3)17(15)21-4/h10-11H,5-9,12H2,1-4H3. The lowest BCUT2D eigenvalue weighted by Gasteiger charge is -2.34. The highest BCUT2D eigenvalue weighted by molar-refractivity contribution is 5.80. The van der Waals surface area contributed by atoms with Gasteiger partial charge in [-0.2, -0.15) is 0 Å². The molecule has 1 heterocycles. The number of benzene rings is 1. The molecule has 1 aromatic carbocycles. The maximum Gasteiger partial charge on any atom is 0.227 e. The van der Waals surface area contributed by atoms with Crippen molar-refractivity contribution < 1.29 is 9.53 Å². The Balaban J connectivity index is 2.06. The van der Waals surface area contributed by atoms with E-state index < -0.39 is 0 Å². The molecule has 1 aliphatic heterocycles. The number of hydrogen-bond donors (Lipinski definition) is 0. The maximum atomic E-state index is 12.5. The second kappa shape index (κ2) is 6.94. The second-order valence-electron chi connectivity index (χ2n) is 5.77. The molecule has 0 aromatic heterocycles. The van der Waals surface area contributed by atoms with Crippen LogP contribution in [-0.2, 0) is 11.2 Å². The summed E-state index contributed by atoms with van der Waals surface area (Å²) >= 11 is 0.